The first-order chi connectivity index (χ1) is 7.09. The molecule has 2 aromatic heterocycles. The van der Waals surface area contributed by atoms with E-state index in [1.54, 1.807) is 24.0 Å². The highest BCUT2D eigenvalue weighted by molar-refractivity contribution is 9.10. The molecule has 4 nitrogen and oxygen atoms in total. The average Bonchev–Trinajstić information content (AvgIpc) is 2.73. The molecule has 0 amide bonds. The minimum Gasteiger partial charge on any atom is -0.463 e. The first-order valence-corrected chi connectivity index (χ1v) is 5.30. The molecule has 0 aliphatic rings. The van der Waals surface area contributed by atoms with Crippen molar-refractivity contribution in [1.29, 1.82) is 0 Å². The van der Waals surface area contributed by atoms with Gasteiger partial charge in [0, 0.05) is 7.05 Å². The number of halogens is 1. The Balaban J connectivity index is 2.40. The van der Waals surface area contributed by atoms with Crippen LogP contribution in [0.2, 0.25) is 0 Å². The lowest BCUT2D eigenvalue weighted by molar-refractivity contribution is 0.177. The number of rotatable bonds is 2. The zero-order valence-corrected chi connectivity index (χ0v) is 10.0. The van der Waals surface area contributed by atoms with Crippen molar-refractivity contribution in [3.05, 3.63) is 40.0 Å². The largest absolute Gasteiger partial charge is 0.463 e. The van der Waals surface area contributed by atoms with Gasteiger partial charge in [0.15, 0.2) is 6.10 Å². The van der Waals surface area contributed by atoms with Crippen LogP contribution in [-0.4, -0.2) is 14.9 Å². The smallest absolute Gasteiger partial charge is 0.154 e. The van der Waals surface area contributed by atoms with Gasteiger partial charge in [-0.25, -0.2) is 0 Å². The summed E-state index contributed by atoms with van der Waals surface area (Å²) in [5.41, 5.74) is 0.685. The highest BCUT2D eigenvalue weighted by Gasteiger charge is 2.20. The predicted octanol–water partition coefficient (Wildman–Crippen LogP) is 2.17. The highest BCUT2D eigenvalue weighted by atomic mass is 79.9. The van der Waals surface area contributed by atoms with Gasteiger partial charge in [-0.2, -0.15) is 5.10 Å². The number of aromatic nitrogens is 2. The summed E-state index contributed by atoms with van der Waals surface area (Å²) in [4.78, 5) is 0. The van der Waals surface area contributed by atoms with Crippen molar-refractivity contribution >= 4 is 15.9 Å². The quantitative estimate of drug-likeness (QED) is 0.910. The second kappa shape index (κ2) is 3.83. The first kappa shape index (κ1) is 10.4. The van der Waals surface area contributed by atoms with E-state index in [2.05, 4.69) is 21.0 Å². The molecule has 0 radical (unpaired) electrons. The molecule has 2 rings (SSSR count). The monoisotopic (exact) mass is 270 g/mol. The Hall–Kier alpha value is -1.07. The lowest BCUT2D eigenvalue weighted by atomic mass is 10.2. The Morgan fingerprint density at radius 1 is 1.53 bits per heavy atom. The molecule has 0 spiro atoms. The molecular weight excluding hydrogens is 260 g/mol. The second-order valence-corrected chi connectivity index (χ2v) is 4.21. The minimum absolute atomic E-state index is 0.525. The van der Waals surface area contributed by atoms with E-state index in [9.17, 15) is 5.11 Å². The fraction of sp³-hybridized carbons (Fsp3) is 0.300. The van der Waals surface area contributed by atoms with Crippen LogP contribution in [0.15, 0.2) is 27.2 Å². The summed E-state index contributed by atoms with van der Waals surface area (Å²) in [5.74, 6) is 1.30. The molecule has 15 heavy (non-hydrogen) atoms. The summed E-state index contributed by atoms with van der Waals surface area (Å²) >= 11 is 3.34. The Kier molecular flexibility index (Phi) is 2.67. The Morgan fingerprint density at radius 3 is 2.73 bits per heavy atom. The van der Waals surface area contributed by atoms with Crippen LogP contribution >= 0.6 is 15.9 Å². The summed E-state index contributed by atoms with van der Waals surface area (Å²) in [5, 5.41) is 14.1. The van der Waals surface area contributed by atoms with Crippen molar-refractivity contribution < 1.29 is 9.52 Å². The molecule has 80 valence electrons. The number of nitrogens with zero attached hydrogens (tertiary/aromatic N) is 2. The van der Waals surface area contributed by atoms with Crippen molar-refractivity contribution in [1.82, 2.24) is 9.78 Å². The first-order valence-electron chi connectivity index (χ1n) is 4.51. The number of hydrogen-bond donors (Lipinski definition) is 1. The van der Waals surface area contributed by atoms with E-state index in [0.29, 0.717) is 11.5 Å². The summed E-state index contributed by atoms with van der Waals surface area (Å²) in [7, 11) is 1.78. The maximum atomic E-state index is 10.1. The van der Waals surface area contributed by atoms with Gasteiger partial charge >= 0.3 is 0 Å². The lowest BCUT2D eigenvalue weighted by Gasteiger charge is -2.08. The summed E-state index contributed by atoms with van der Waals surface area (Å²) < 4.78 is 7.75. The van der Waals surface area contributed by atoms with Crippen LogP contribution in [0, 0.1) is 6.92 Å². The molecule has 0 aliphatic carbocycles. The van der Waals surface area contributed by atoms with E-state index in [1.807, 2.05) is 13.0 Å². The molecule has 2 aromatic rings. The standard InChI is InChI=1S/C10H11BrN2O2/c1-6-3-4-8(15-6)10(14)9-7(11)5-12-13(9)2/h3-5,10,14H,1-2H3. The molecule has 0 saturated carbocycles. The number of aliphatic hydroxyl groups excluding tert-OH is 1. The van der Waals surface area contributed by atoms with Crippen molar-refractivity contribution in [2.45, 2.75) is 13.0 Å². The van der Waals surface area contributed by atoms with Gasteiger partial charge in [0.25, 0.3) is 0 Å². The van der Waals surface area contributed by atoms with Gasteiger partial charge in [0.2, 0.25) is 0 Å². The number of hydrogen-bond acceptors (Lipinski definition) is 3. The molecule has 0 aliphatic heterocycles. The van der Waals surface area contributed by atoms with Crippen LogP contribution in [0.25, 0.3) is 0 Å². The molecular formula is C10H11BrN2O2. The summed E-state index contributed by atoms with van der Waals surface area (Å²) in [6.07, 6.45) is 0.856. The number of furan rings is 1. The Labute approximate surface area is 95.6 Å². The maximum Gasteiger partial charge on any atom is 0.154 e. The van der Waals surface area contributed by atoms with Gasteiger partial charge in [0.1, 0.15) is 11.5 Å². The Bertz CT molecular complexity index is 456. The Morgan fingerprint density at radius 2 is 2.27 bits per heavy atom. The van der Waals surface area contributed by atoms with Crippen LogP contribution in [-0.2, 0) is 7.05 Å². The van der Waals surface area contributed by atoms with Crippen LogP contribution in [0.3, 0.4) is 0 Å². The normalized spacial score (nSPS) is 13.1. The van der Waals surface area contributed by atoms with E-state index in [4.69, 9.17) is 4.42 Å². The van der Waals surface area contributed by atoms with Gasteiger partial charge in [-0.05, 0) is 35.0 Å². The molecule has 1 N–H and O–H groups in total. The third-order valence-electron chi connectivity index (χ3n) is 2.23. The molecule has 2 heterocycles. The maximum absolute atomic E-state index is 10.1. The SMILES string of the molecule is Cc1ccc(C(O)c2c(Br)cnn2C)o1. The van der Waals surface area contributed by atoms with Gasteiger partial charge in [-0.1, -0.05) is 0 Å². The molecule has 5 heteroatoms. The van der Waals surface area contributed by atoms with Gasteiger partial charge < -0.3 is 9.52 Å². The van der Waals surface area contributed by atoms with Gasteiger partial charge in [-0.3, -0.25) is 4.68 Å². The van der Waals surface area contributed by atoms with Crippen LogP contribution in [0.4, 0.5) is 0 Å². The zero-order valence-electron chi connectivity index (χ0n) is 8.44. The molecule has 1 unspecified atom stereocenters. The van der Waals surface area contributed by atoms with Gasteiger partial charge in [0.05, 0.1) is 16.4 Å². The van der Waals surface area contributed by atoms with E-state index in [-0.39, 0.29) is 0 Å². The zero-order chi connectivity index (χ0) is 11.0. The summed E-state index contributed by atoms with van der Waals surface area (Å²) in [6.45, 7) is 1.84. The minimum atomic E-state index is -0.791. The molecule has 0 aromatic carbocycles. The van der Waals surface area contributed by atoms with Crippen molar-refractivity contribution in [3.63, 3.8) is 0 Å². The van der Waals surface area contributed by atoms with E-state index in [1.165, 1.54) is 0 Å². The highest BCUT2D eigenvalue weighted by Crippen LogP contribution is 2.28. The second-order valence-electron chi connectivity index (χ2n) is 3.35. The average molecular weight is 271 g/mol. The van der Waals surface area contributed by atoms with Crippen LogP contribution in [0.1, 0.15) is 23.3 Å². The van der Waals surface area contributed by atoms with Crippen molar-refractivity contribution in [3.8, 4) is 0 Å². The fourth-order valence-electron chi connectivity index (χ4n) is 1.46. The summed E-state index contributed by atoms with van der Waals surface area (Å²) in [6, 6.07) is 3.59. The van der Waals surface area contributed by atoms with E-state index >= 15 is 0 Å². The van der Waals surface area contributed by atoms with E-state index < -0.39 is 6.10 Å². The third kappa shape index (κ3) is 1.85. The van der Waals surface area contributed by atoms with Crippen molar-refractivity contribution in [2.24, 2.45) is 7.05 Å². The lowest BCUT2D eigenvalue weighted by Crippen LogP contribution is -2.06. The van der Waals surface area contributed by atoms with Crippen LogP contribution < -0.4 is 0 Å². The molecule has 0 bridgehead atoms. The third-order valence-corrected chi connectivity index (χ3v) is 2.84. The van der Waals surface area contributed by atoms with Gasteiger partial charge in [-0.15, -0.1) is 0 Å². The van der Waals surface area contributed by atoms with E-state index in [0.717, 1.165) is 10.2 Å². The fourth-order valence-corrected chi connectivity index (χ4v) is 2.03. The topological polar surface area (TPSA) is 51.2 Å². The predicted molar refractivity (Wildman–Crippen MR) is 58.4 cm³/mol. The molecule has 0 saturated heterocycles. The van der Waals surface area contributed by atoms with Crippen molar-refractivity contribution in [2.75, 3.05) is 0 Å². The molecule has 1 atom stereocenters. The number of aliphatic hydroxyl groups is 1. The number of aryl methyl sites for hydroxylation is 2. The van der Waals surface area contributed by atoms with Crippen LogP contribution in [0.5, 0.6) is 0 Å². The molecule has 0 fully saturated rings.